The molecular weight excluding hydrogens is 330 g/mol. The van der Waals surface area contributed by atoms with Crippen LogP contribution in [0, 0.1) is 0 Å². The normalized spacial score (nSPS) is 12.8. The second kappa shape index (κ2) is 7.22. The van der Waals surface area contributed by atoms with E-state index in [1.165, 1.54) is 0 Å². The smallest absolute Gasteiger partial charge is 0.261 e. The molecule has 0 atom stereocenters. The Balaban J connectivity index is 2.63. The van der Waals surface area contributed by atoms with Gasteiger partial charge in [-0.25, -0.2) is 35.5 Å². The van der Waals surface area contributed by atoms with Crippen LogP contribution in [0.5, 0.6) is 0 Å². The summed E-state index contributed by atoms with van der Waals surface area (Å²) < 4.78 is 75.8. The molecule has 0 saturated carbocycles. The Morgan fingerprint density at radius 3 is 2.10 bits per heavy atom. The van der Waals surface area contributed by atoms with Crippen molar-refractivity contribution < 1.29 is 30.4 Å². The zero-order valence-corrected chi connectivity index (χ0v) is 12.3. The number of hydrogen-bond donors (Lipinski definition) is 2. The largest absolute Gasteiger partial charge is 0.374 e. The van der Waals surface area contributed by atoms with Crippen LogP contribution in [-0.4, -0.2) is 43.0 Å². The summed E-state index contributed by atoms with van der Waals surface area (Å²) in [6.07, 6.45) is -2.62. The highest BCUT2D eigenvalue weighted by molar-refractivity contribution is 7.89. The molecule has 0 aliphatic heterocycles. The molecule has 0 saturated heterocycles. The van der Waals surface area contributed by atoms with Crippen LogP contribution in [0.4, 0.5) is 8.78 Å². The fourth-order valence-corrected chi connectivity index (χ4v) is 2.84. The molecule has 0 aliphatic rings. The van der Waals surface area contributed by atoms with Gasteiger partial charge in [-0.05, 0) is 24.3 Å². The number of sulfonamides is 2. The third-order valence-electron chi connectivity index (χ3n) is 2.24. The molecule has 0 aromatic heterocycles. The molecule has 0 bridgehead atoms. The summed E-state index contributed by atoms with van der Waals surface area (Å²) in [7, 11) is -7.78. The van der Waals surface area contributed by atoms with Crippen molar-refractivity contribution in [3.63, 3.8) is 0 Å². The van der Waals surface area contributed by atoms with Gasteiger partial charge in [0.15, 0.2) is 0 Å². The van der Waals surface area contributed by atoms with Gasteiger partial charge < -0.3 is 4.74 Å². The van der Waals surface area contributed by atoms with Gasteiger partial charge >= 0.3 is 0 Å². The predicted molar refractivity (Wildman–Crippen MR) is 69.8 cm³/mol. The van der Waals surface area contributed by atoms with Gasteiger partial charge in [0, 0.05) is 6.54 Å². The fraction of sp³-hybridized carbons (Fsp3) is 0.400. The minimum absolute atomic E-state index is 0.177. The van der Waals surface area contributed by atoms with Crippen molar-refractivity contribution in [3.05, 3.63) is 24.3 Å². The van der Waals surface area contributed by atoms with Crippen molar-refractivity contribution in [1.82, 2.24) is 4.72 Å². The van der Waals surface area contributed by atoms with E-state index in [1.807, 2.05) is 0 Å². The molecule has 0 radical (unpaired) electrons. The maximum Gasteiger partial charge on any atom is 0.261 e. The second-order valence-corrected chi connectivity index (χ2v) is 7.21. The Morgan fingerprint density at radius 2 is 1.62 bits per heavy atom. The zero-order chi connectivity index (χ0) is 16.1. The summed E-state index contributed by atoms with van der Waals surface area (Å²) in [6, 6.07) is 4.25. The molecule has 0 amide bonds. The third-order valence-corrected chi connectivity index (χ3v) is 4.65. The van der Waals surface area contributed by atoms with E-state index >= 15 is 0 Å². The Hall–Kier alpha value is -1.14. The van der Waals surface area contributed by atoms with Crippen molar-refractivity contribution in [1.29, 1.82) is 0 Å². The first kappa shape index (κ1) is 17.9. The van der Waals surface area contributed by atoms with Crippen LogP contribution in [0.3, 0.4) is 0 Å². The molecule has 1 rings (SSSR count). The van der Waals surface area contributed by atoms with E-state index in [2.05, 4.69) is 9.46 Å². The number of ether oxygens (including phenoxy) is 1. The number of primary sulfonamides is 1. The Labute approximate surface area is 121 Å². The Kier molecular flexibility index (Phi) is 6.16. The van der Waals surface area contributed by atoms with Gasteiger partial charge in [0.1, 0.15) is 6.61 Å². The topological polar surface area (TPSA) is 116 Å². The second-order valence-electron chi connectivity index (χ2n) is 3.88. The minimum Gasteiger partial charge on any atom is -0.374 e. The van der Waals surface area contributed by atoms with Crippen LogP contribution in [0.15, 0.2) is 34.1 Å². The molecule has 0 spiro atoms. The van der Waals surface area contributed by atoms with Gasteiger partial charge in [-0.1, -0.05) is 0 Å². The third kappa shape index (κ3) is 6.01. The number of hydrogen-bond acceptors (Lipinski definition) is 5. The Morgan fingerprint density at radius 1 is 1.10 bits per heavy atom. The lowest BCUT2D eigenvalue weighted by Gasteiger charge is -2.08. The maximum absolute atomic E-state index is 11.8. The highest BCUT2D eigenvalue weighted by Gasteiger charge is 2.15. The number of rotatable bonds is 8. The monoisotopic (exact) mass is 344 g/mol. The van der Waals surface area contributed by atoms with Gasteiger partial charge in [-0.15, -0.1) is 0 Å². The lowest BCUT2D eigenvalue weighted by atomic mass is 10.4. The van der Waals surface area contributed by atoms with E-state index < -0.39 is 33.1 Å². The summed E-state index contributed by atoms with van der Waals surface area (Å²) in [6.45, 7) is -1.17. The molecule has 1 aromatic carbocycles. The average molecular weight is 344 g/mol. The molecule has 0 fully saturated rings. The number of alkyl halides is 2. The van der Waals surface area contributed by atoms with Gasteiger partial charge in [0.2, 0.25) is 20.0 Å². The highest BCUT2D eigenvalue weighted by Crippen LogP contribution is 2.12. The summed E-state index contributed by atoms with van der Waals surface area (Å²) in [5, 5.41) is 4.88. The van der Waals surface area contributed by atoms with Crippen LogP contribution >= 0.6 is 0 Å². The van der Waals surface area contributed by atoms with E-state index in [1.54, 1.807) is 0 Å². The average Bonchev–Trinajstić information content (AvgIpc) is 2.37. The van der Waals surface area contributed by atoms with Crippen molar-refractivity contribution >= 4 is 20.0 Å². The zero-order valence-electron chi connectivity index (χ0n) is 10.7. The standard InChI is InChI=1S/C10H14F2N2O5S2/c11-10(12)7-19-6-5-14-21(17,18)9-3-1-8(2-4-9)20(13,15)16/h1-4,10,14H,5-7H2,(H2,13,15,16). The molecule has 21 heavy (non-hydrogen) atoms. The SMILES string of the molecule is NS(=O)(=O)c1ccc(S(=O)(=O)NCCOCC(F)F)cc1. The number of halogens is 2. The van der Waals surface area contributed by atoms with E-state index in [0.29, 0.717) is 0 Å². The van der Waals surface area contributed by atoms with Gasteiger partial charge in [0.05, 0.1) is 16.4 Å². The molecule has 0 aliphatic carbocycles. The summed E-state index contributed by atoms with van der Waals surface area (Å²) >= 11 is 0. The van der Waals surface area contributed by atoms with Gasteiger partial charge in [-0.3, -0.25) is 0 Å². The quantitative estimate of drug-likeness (QED) is 0.639. The molecule has 120 valence electrons. The van der Waals surface area contributed by atoms with Crippen LogP contribution in [-0.2, 0) is 24.8 Å². The minimum atomic E-state index is -3.90. The molecule has 0 unspecified atom stereocenters. The number of nitrogens with one attached hydrogen (secondary N) is 1. The first-order valence-corrected chi connectivity index (χ1v) is 8.64. The van der Waals surface area contributed by atoms with Gasteiger partial charge in [0.25, 0.3) is 6.43 Å². The van der Waals surface area contributed by atoms with E-state index in [0.717, 1.165) is 24.3 Å². The summed E-state index contributed by atoms with van der Waals surface area (Å²) in [5.41, 5.74) is 0. The van der Waals surface area contributed by atoms with Crippen molar-refractivity contribution in [2.75, 3.05) is 19.8 Å². The molecular formula is C10H14F2N2O5S2. The van der Waals surface area contributed by atoms with Gasteiger partial charge in [-0.2, -0.15) is 0 Å². The maximum atomic E-state index is 11.8. The summed E-state index contributed by atoms with van der Waals surface area (Å²) in [4.78, 5) is -0.398. The number of nitrogens with two attached hydrogens (primary N) is 1. The van der Waals surface area contributed by atoms with Crippen molar-refractivity contribution in [2.24, 2.45) is 5.14 Å². The molecule has 11 heteroatoms. The lowest BCUT2D eigenvalue weighted by Crippen LogP contribution is -2.28. The van der Waals surface area contributed by atoms with E-state index in [4.69, 9.17) is 5.14 Å². The van der Waals surface area contributed by atoms with Crippen molar-refractivity contribution in [3.8, 4) is 0 Å². The predicted octanol–water partition coefficient (Wildman–Crippen LogP) is -0.106. The first-order valence-electron chi connectivity index (χ1n) is 5.61. The van der Waals surface area contributed by atoms with Crippen LogP contribution in [0.1, 0.15) is 0 Å². The van der Waals surface area contributed by atoms with E-state index in [9.17, 15) is 25.6 Å². The molecule has 1 aromatic rings. The Bertz CT molecular complexity index is 659. The molecule has 0 heterocycles. The van der Waals surface area contributed by atoms with E-state index in [-0.39, 0.29) is 22.9 Å². The van der Waals surface area contributed by atoms with Crippen LogP contribution in [0.25, 0.3) is 0 Å². The van der Waals surface area contributed by atoms with Crippen LogP contribution in [0.2, 0.25) is 0 Å². The fourth-order valence-electron chi connectivity index (χ4n) is 1.31. The summed E-state index contributed by atoms with van der Waals surface area (Å²) in [5.74, 6) is 0. The first-order chi connectivity index (χ1) is 9.63. The number of benzene rings is 1. The van der Waals surface area contributed by atoms with Crippen molar-refractivity contribution in [2.45, 2.75) is 16.2 Å². The highest BCUT2D eigenvalue weighted by atomic mass is 32.2. The lowest BCUT2D eigenvalue weighted by molar-refractivity contribution is 0.0199. The molecule has 3 N–H and O–H groups in total. The van der Waals surface area contributed by atoms with Crippen LogP contribution < -0.4 is 9.86 Å². The molecule has 7 nitrogen and oxygen atoms in total.